The minimum atomic E-state index is -0.390. The maximum atomic E-state index is 14.0. The van der Waals surface area contributed by atoms with Crippen molar-refractivity contribution >= 4 is 5.82 Å². The van der Waals surface area contributed by atoms with Gasteiger partial charge in [-0.25, -0.2) is 14.4 Å². The standard InChI is InChI=1S/C15H18FN3O/c1-9(2)20-14-6-5-11(7-12(14)16)13-8-15(17-4)19-10(3)18-13/h5-9H,1-4H3,(H,17,18,19). The Morgan fingerprint density at radius 2 is 1.95 bits per heavy atom. The van der Waals surface area contributed by atoms with Crippen LogP contribution in [0.2, 0.25) is 0 Å². The zero-order valence-corrected chi connectivity index (χ0v) is 12.1. The van der Waals surface area contributed by atoms with Gasteiger partial charge in [0.05, 0.1) is 11.8 Å². The number of hydrogen-bond acceptors (Lipinski definition) is 4. The van der Waals surface area contributed by atoms with Crippen molar-refractivity contribution < 1.29 is 9.13 Å². The maximum absolute atomic E-state index is 14.0. The molecule has 0 amide bonds. The van der Waals surface area contributed by atoms with E-state index >= 15 is 0 Å². The van der Waals surface area contributed by atoms with Crippen LogP contribution in [-0.2, 0) is 0 Å². The molecule has 1 aromatic heterocycles. The zero-order valence-electron chi connectivity index (χ0n) is 12.1. The van der Waals surface area contributed by atoms with Gasteiger partial charge in [-0.1, -0.05) is 0 Å². The van der Waals surface area contributed by atoms with Gasteiger partial charge in [0.15, 0.2) is 11.6 Å². The highest BCUT2D eigenvalue weighted by atomic mass is 19.1. The van der Waals surface area contributed by atoms with Crippen molar-refractivity contribution in [2.75, 3.05) is 12.4 Å². The van der Waals surface area contributed by atoms with Gasteiger partial charge in [0, 0.05) is 18.7 Å². The second-order valence-corrected chi connectivity index (χ2v) is 4.75. The first-order valence-corrected chi connectivity index (χ1v) is 6.49. The van der Waals surface area contributed by atoms with E-state index < -0.39 is 5.82 Å². The lowest BCUT2D eigenvalue weighted by Crippen LogP contribution is -2.07. The minimum absolute atomic E-state index is 0.0625. The van der Waals surface area contributed by atoms with Crippen LogP contribution in [0.1, 0.15) is 19.7 Å². The molecule has 0 aliphatic heterocycles. The van der Waals surface area contributed by atoms with Gasteiger partial charge in [-0.15, -0.1) is 0 Å². The molecule has 1 heterocycles. The fourth-order valence-corrected chi connectivity index (χ4v) is 1.85. The van der Waals surface area contributed by atoms with Gasteiger partial charge in [-0.3, -0.25) is 0 Å². The molecule has 4 nitrogen and oxygen atoms in total. The van der Waals surface area contributed by atoms with Crippen molar-refractivity contribution in [3.8, 4) is 17.0 Å². The van der Waals surface area contributed by atoms with Gasteiger partial charge in [-0.2, -0.15) is 0 Å². The lowest BCUT2D eigenvalue weighted by Gasteiger charge is -2.11. The minimum Gasteiger partial charge on any atom is -0.488 e. The largest absolute Gasteiger partial charge is 0.488 e. The van der Waals surface area contributed by atoms with Crippen LogP contribution < -0.4 is 10.1 Å². The lowest BCUT2D eigenvalue weighted by molar-refractivity contribution is 0.231. The molecule has 0 saturated heterocycles. The van der Waals surface area contributed by atoms with Gasteiger partial charge in [-0.05, 0) is 39.0 Å². The topological polar surface area (TPSA) is 47.0 Å². The maximum Gasteiger partial charge on any atom is 0.165 e. The summed E-state index contributed by atoms with van der Waals surface area (Å²) in [5.74, 6) is 1.20. The molecule has 1 N–H and O–H groups in total. The summed E-state index contributed by atoms with van der Waals surface area (Å²) in [6.45, 7) is 5.53. The summed E-state index contributed by atoms with van der Waals surface area (Å²) < 4.78 is 19.4. The van der Waals surface area contributed by atoms with Crippen molar-refractivity contribution in [1.29, 1.82) is 0 Å². The summed E-state index contributed by atoms with van der Waals surface area (Å²) in [5, 5.41) is 2.96. The molecule has 0 bridgehead atoms. The van der Waals surface area contributed by atoms with E-state index in [2.05, 4.69) is 15.3 Å². The molecule has 0 spiro atoms. The van der Waals surface area contributed by atoms with Gasteiger partial charge in [0.2, 0.25) is 0 Å². The summed E-state index contributed by atoms with van der Waals surface area (Å²) in [5.41, 5.74) is 1.37. The first kappa shape index (κ1) is 14.2. The van der Waals surface area contributed by atoms with E-state index in [0.29, 0.717) is 22.9 Å². The van der Waals surface area contributed by atoms with E-state index in [-0.39, 0.29) is 11.9 Å². The Morgan fingerprint density at radius 1 is 1.20 bits per heavy atom. The van der Waals surface area contributed by atoms with Gasteiger partial charge < -0.3 is 10.1 Å². The van der Waals surface area contributed by atoms with E-state index in [9.17, 15) is 4.39 Å². The Morgan fingerprint density at radius 3 is 2.55 bits per heavy atom. The molecule has 5 heteroatoms. The zero-order chi connectivity index (χ0) is 14.7. The van der Waals surface area contributed by atoms with E-state index in [0.717, 1.165) is 0 Å². The highest BCUT2D eigenvalue weighted by Gasteiger charge is 2.10. The third-order valence-electron chi connectivity index (χ3n) is 2.68. The van der Waals surface area contributed by atoms with Crippen LogP contribution in [-0.4, -0.2) is 23.1 Å². The van der Waals surface area contributed by atoms with Crippen LogP contribution in [0.5, 0.6) is 5.75 Å². The van der Waals surface area contributed by atoms with Crippen molar-refractivity contribution in [2.45, 2.75) is 26.9 Å². The molecule has 106 valence electrons. The van der Waals surface area contributed by atoms with Crippen LogP contribution in [0.4, 0.5) is 10.2 Å². The second-order valence-electron chi connectivity index (χ2n) is 4.75. The number of hydrogen-bond donors (Lipinski definition) is 1. The first-order valence-electron chi connectivity index (χ1n) is 6.49. The Balaban J connectivity index is 2.38. The Labute approximate surface area is 118 Å². The Kier molecular flexibility index (Phi) is 4.17. The van der Waals surface area contributed by atoms with Crippen molar-refractivity contribution in [2.24, 2.45) is 0 Å². The molecule has 2 aromatic rings. The second kappa shape index (κ2) is 5.86. The van der Waals surface area contributed by atoms with E-state index in [1.165, 1.54) is 6.07 Å². The van der Waals surface area contributed by atoms with Crippen LogP contribution in [0.25, 0.3) is 11.3 Å². The van der Waals surface area contributed by atoms with Gasteiger partial charge in [0.25, 0.3) is 0 Å². The summed E-state index contributed by atoms with van der Waals surface area (Å²) in [7, 11) is 1.78. The summed E-state index contributed by atoms with van der Waals surface area (Å²) >= 11 is 0. The molecule has 2 rings (SSSR count). The molecule has 0 saturated carbocycles. The molecular formula is C15H18FN3O. The molecule has 20 heavy (non-hydrogen) atoms. The van der Waals surface area contributed by atoms with Gasteiger partial charge >= 0.3 is 0 Å². The molecule has 0 radical (unpaired) electrons. The number of benzene rings is 1. The molecule has 0 aliphatic rings. The first-order chi connectivity index (χ1) is 9.49. The summed E-state index contributed by atoms with van der Waals surface area (Å²) in [4.78, 5) is 8.54. The van der Waals surface area contributed by atoms with Gasteiger partial charge in [0.1, 0.15) is 11.6 Å². The Hall–Kier alpha value is -2.17. The number of nitrogens with zero attached hydrogens (tertiary/aromatic N) is 2. The van der Waals surface area contributed by atoms with E-state index in [4.69, 9.17) is 4.74 Å². The fraction of sp³-hybridized carbons (Fsp3) is 0.333. The number of rotatable bonds is 4. The lowest BCUT2D eigenvalue weighted by atomic mass is 10.1. The predicted molar refractivity (Wildman–Crippen MR) is 77.5 cm³/mol. The monoisotopic (exact) mass is 275 g/mol. The number of aryl methyl sites for hydroxylation is 1. The quantitative estimate of drug-likeness (QED) is 0.928. The normalized spacial score (nSPS) is 10.7. The van der Waals surface area contributed by atoms with Crippen molar-refractivity contribution in [3.63, 3.8) is 0 Å². The third-order valence-corrected chi connectivity index (χ3v) is 2.68. The Bertz CT molecular complexity index is 614. The molecular weight excluding hydrogens is 257 g/mol. The number of ether oxygens (including phenoxy) is 1. The van der Waals surface area contributed by atoms with E-state index in [1.807, 2.05) is 13.8 Å². The molecule has 0 unspecified atom stereocenters. The van der Waals surface area contributed by atoms with E-state index in [1.54, 1.807) is 32.2 Å². The van der Waals surface area contributed by atoms with Crippen molar-refractivity contribution in [1.82, 2.24) is 9.97 Å². The number of aromatic nitrogens is 2. The predicted octanol–water partition coefficient (Wildman–Crippen LogP) is 3.42. The molecule has 0 aliphatic carbocycles. The van der Waals surface area contributed by atoms with Crippen LogP contribution in [0, 0.1) is 12.7 Å². The van der Waals surface area contributed by atoms with Crippen LogP contribution in [0.15, 0.2) is 24.3 Å². The molecule has 1 aromatic carbocycles. The average molecular weight is 275 g/mol. The fourth-order valence-electron chi connectivity index (χ4n) is 1.85. The summed E-state index contributed by atoms with van der Waals surface area (Å²) in [6, 6.07) is 6.63. The van der Waals surface area contributed by atoms with Crippen LogP contribution >= 0.6 is 0 Å². The van der Waals surface area contributed by atoms with Crippen LogP contribution in [0.3, 0.4) is 0 Å². The summed E-state index contributed by atoms with van der Waals surface area (Å²) in [6.07, 6.45) is -0.0625. The number of halogens is 1. The number of nitrogens with one attached hydrogen (secondary N) is 1. The smallest absolute Gasteiger partial charge is 0.165 e. The average Bonchev–Trinajstić information content (AvgIpc) is 2.39. The number of anilines is 1. The van der Waals surface area contributed by atoms with Crippen molar-refractivity contribution in [3.05, 3.63) is 35.9 Å². The highest BCUT2D eigenvalue weighted by molar-refractivity contribution is 5.63. The SMILES string of the molecule is CNc1cc(-c2ccc(OC(C)C)c(F)c2)nc(C)n1. The molecule has 0 atom stereocenters. The highest BCUT2D eigenvalue weighted by Crippen LogP contribution is 2.26. The molecule has 0 fully saturated rings. The third kappa shape index (κ3) is 3.23.